The van der Waals surface area contributed by atoms with Crippen molar-refractivity contribution in [1.29, 1.82) is 0 Å². The molecule has 90 valence electrons. The number of nitrogen functional groups attached to an aromatic ring is 1. The quantitative estimate of drug-likeness (QED) is 0.606. The standard InChI is InChI=1S/C11H17NO3S/c1-2-6-15-7-8-16(13,14)11-5-3-4-10(12)9-11/h3-5,9H,2,6-8,12H2,1H3. The van der Waals surface area contributed by atoms with Crippen molar-refractivity contribution < 1.29 is 13.2 Å². The molecule has 1 rings (SSSR count). The highest BCUT2D eigenvalue weighted by Gasteiger charge is 2.13. The summed E-state index contributed by atoms with van der Waals surface area (Å²) in [5.74, 6) is -0.00352. The third kappa shape index (κ3) is 3.83. The zero-order valence-electron chi connectivity index (χ0n) is 9.35. The lowest BCUT2D eigenvalue weighted by molar-refractivity contribution is 0.149. The Morgan fingerprint density at radius 1 is 1.31 bits per heavy atom. The molecule has 2 N–H and O–H groups in total. The van der Waals surface area contributed by atoms with Gasteiger partial charge in [-0.1, -0.05) is 13.0 Å². The minimum Gasteiger partial charge on any atom is -0.399 e. The van der Waals surface area contributed by atoms with Crippen LogP contribution in [-0.2, 0) is 14.6 Å². The summed E-state index contributed by atoms with van der Waals surface area (Å²) in [4.78, 5) is 0.257. The number of sulfone groups is 1. The summed E-state index contributed by atoms with van der Waals surface area (Å²) in [6.07, 6.45) is 0.887. The molecular formula is C11H17NO3S. The van der Waals surface area contributed by atoms with E-state index in [1.165, 1.54) is 6.07 Å². The molecule has 5 heteroatoms. The van der Waals surface area contributed by atoms with E-state index in [0.717, 1.165) is 6.42 Å². The third-order valence-electron chi connectivity index (χ3n) is 2.06. The first-order chi connectivity index (χ1) is 7.56. The van der Waals surface area contributed by atoms with Gasteiger partial charge in [0.15, 0.2) is 9.84 Å². The Morgan fingerprint density at radius 2 is 2.06 bits per heavy atom. The third-order valence-corrected chi connectivity index (χ3v) is 3.74. The van der Waals surface area contributed by atoms with Crippen molar-refractivity contribution >= 4 is 15.5 Å². The first-order valence-corrected chi connectivity index (χ1v) is 6.87. The van der Waals surface area contributed by atoms with E-state index in [0.29, 0.717) is 12.3 Å². The Morgan fingerprint density at radius 3 is 2.69 bits per heavy atom. The highest BCUT2D eigenvalue weighted by Crippen LogP contribution is 2.14. The molecule has 0 saturated heterocycles. The van der Waals surface area contributed by atoms with Crippen molar-refractivity contribution in [2.75, 3.05) is 24.7 Å². The fraction of sp³-hybridized carbons (Fsp3) is 0.455. The monoisotopic (exact) mass is 243 g/mol. The van der Waals surface area contributed by atoms with Gasteiger partial charge in [0.25, 0.3) is 0 Å². The molecule has 4 nitrogen and oxygen atoms in total. The molecule has 0 fully saturated rings. The molecule has 0 atom stereocenters. The molecule has 0 aliphatic heterocycles. The number of benzene rings is 1. The Hall–Kier alpha value is -1.07. The van der Waals surface area contributed by atoms with E-state index in [9.17, 15) is 8.42 Å². The van der Waals surface area contributed by atoms with Crippen LogP contribution in [0.1, 0.15) is 13.3 Å². The maximum atomic E-state index is 11.8. The number of anilines is 1. The zero-order chi connectivity index (χ0) is 12.0. The smallest absolute Gasteiger partial charge is 0.180 e. The van der Waals surface area contributed by atoms with Gasteiger partial charge in [-0.2, -0.15) is 0 Å². The minimum absolute atomic E-state index is 0.00352. The Kier molecular flexibility index (Phi) is 4.76. The van der Waals surface area contributed by atoms with Gasteiger partial charge >= 0.3 is 0 Å². The zero-order valence-corrected chi connectivity index (χ0v) is 10.2. The molecular weight excluding hydrogens is 226 g/mol. The highest BCUT2D eigenvalue weighted by atomic mass is 32.2. The average molecular weight is 243 g/mol. The lowest BCUT2D eigenvalue weighted by Gasteiger charge is -2.05. The molecule has 0 aliphatic carbocycles. The number of rotatable bonds is 6. The van der Waals surface area contributed by atoms with Gasteiger partial charge in [-0.15, -0.1) is 0 Å². The number of hydrogen-bond donors (Lipinski definition) is 1. The van der Waals surface area contributed by atoms with Crippen molar-refractivity contribution in [2.24, 2.45) is 0 Å². The summed E-state index contributed by atoms with van der Waals surface area (Å²) in [6.45, 7) is 2.80. The van der Waals surface area contributed by atoms with Gasteiger partial charge in [0.05, 0.1) is 17.3 Å². The SMILES string of the molecule is CCCOCCS(=O)(=O)c1cccc(N)c1. The molecule has 0 radical (unpaired) electrons. The normalized spacial score (nSPS) is 11.6. The summed E-state index contributed by atoms with van der Waals surface area (Å²) in [7, 11) is -3.27. The molecule has 16 heavy (non-hydrogen) atoms. The Bertz CT molecular complexity index is 429. The van der Waals surface area contributed by atoms with Crippen LogP contribution in [0, 0.1) is 0 Å². The largest absolute Gasteiger partial charge is 0.399 e. The molecule has 0 bridgehead atoms. The molecule has 0 amide bonds. The van der Waals surface area contributed by atoms with Gasteiger partial charge in [0, 0.05) is 12.3 Å². The van der Waals surface area contributed by atoms with Crippen LogP contribution in [-0.4, -0.2) is 27.4 Å². The second kappa shape index (κ2) is 5.86. The van der Waals surface area contributed by atoms with E-state index < -0.39 is 9.84 Å². The van der Waals surface area contributed by atoms with Crippen LogP contribution < -0.4 is 5.73 Å². The first-order valence-electron chi connectivity index (χ1n) is 5.22. The summed E-state index contributed by atoms with van der Waals surface area (Å²) < 4.78 is 28.8. The van der Waals surface area contributed by atoms with Gasteiger partial charge in [-0.25, -0.2) is 8.42 Å². The van der Waals surface area contributed by atoms with Crippen molar-refractivity contribution in [3.63, 3.8) is 0 Å². The van der Waals surface area contributed by atoms with Crippen molar-refractivity contribution in [3.05, 3.63) is 24.3 Å². The first kappa shape index (κ1) is 13.0. The summed E-state index contributed by atoms with van der Waals surface area (Å²) in [5.41, 5.74) is 5.99. The highest BCUT2D eigenvalue weighted by molar-refractivity contribution is 7.91. The lowest BCUT2D eigenvalue weighted by atomic mass is 10.3. The van der Waals surface area contributed by atoms with Crippen LogP contribution in [0.3, 0.4) is 0 Å². The van der Waals surface area contributed by atoms with Crippen LogP contribution >= 0.6 is 0 Å². The topological polar surface area (TPSA) is 69.4 Å². The summed E-state index contributed by atoms with van der Waals surface area (Å²) in [5, 5.41) is 0. The second-order valence-electron chi connectivity index (χ2n) is 3.50. The minimum atomic E-state index is -3.27. The summed E-state index contributed by atoms with van der Waals surface area (Å²) >= 11 is 0. The average Bonchev–Trinajstić information content (AvgIpc) is 2.24. The van der Waals surface area contributed by atoms with Gasteiger partial charge in [0.1, 0.15) is 0 Å². The van der Waals surface area contributed by atoms with Gasteiger partial charge in [0.2, 0.25) is 0 Å². The maximum absolute atomic E-state index is 11.8. The van der Waals surface area contributed by atoms with Crippen LogP contribution in [0.2, 0.25) is 0 Å². The molecule has 0 saturated carbocycles. The van der Waals surface area contributed by atoms with Gasteiger partial charge in [-0.3, -0.25) is 0 Å². The van der Waals surface area contributed by atoms with Crippen LogP contribution in [0.4, 0.5) is 5.69 Å². The predicted molar refractivity (Wildman–Crippen MR) is 64.0 cm³/mol. The molecule has 0 unspecified atom stereocenters. The van der Waals surface area contributed by atoms with Gasteiger partial charge < -0.3 is 10.5 Å². The van der Waals surface area contributed by atoms with Crippen molar-refractivity contribution in [1.82, 2.24) is 0 Å². The van der Waals surface area contributed by atoms with Crippen molar-refractivity contribution in [3.8, 4) is 0 Å². The van der Waals surface area contributed by atoms with Gasteiger partial charge in [-0.05, 0) is 24.6 Å². The second-order valence-corrected chi connectivity index (χ2v) is 5.61. The Labute approximate surface area is 96.3 Å². The van der Waals surface area contributed by atoms with E-state index in [1.54, 1.807) is 18.2 Å². The molecule has 1 aromatic rings. The van der Waals surface area contributed by atoms with Crippen LogP contribution in [0.15, 0.2) is 29.2 Å². The molecule has 0 aromatic heterocycles. The molecule has 1 aromatic carbocycles. The van der Waals surface area contributed by atoms with E-state index in [4.69, 9.17) is 10.5 Å². The number of nitrogens with two attached hydrogens (primary N) is 1. The fourth-order valence-electron chi connectivity index (χ4n) is 1.24. The predicted octanol–water partition coefficient (Wildman–Crippen LogP) is 1.47. The van der Waals surface area contributed by atoms with E-state index in [2.05, 4.69) is 0 Å². The molecule has 0 heterocycles. The maximum Gasteiger partial charge on any atom is 0.180 e. The lowest BCUT2D eigenvalue weighted by Crippen LogP contribution is -2.13. The van der Waals surface area contributed by atoms with Crippen molar-refractivity contribution in [2.45, 2.75) is 18.2 Å². The molecule has 0 spiro atoms. The number of hydrogen-bond acceptors (Lipinski definition) is 4. The van der Waals surface area contributed by atoms with Crippen LogP contribution in [0.25, 0.3) is 0 Å². The fourth-order valence-corrected chi connectivity index (χ4v) is 2.42. The van der Waals surface area contributed by atoms with Crippen LogP contribution in [0.5, 0.6) is 0 Å². The van der Waals surface area contributed by atoms with E-state index in [1.807, 2.05) is 6.92 Å². The number of ether oxygens (including phenoxy) is 1. The summed E-state index contributed by atoms with van der Waals surface area (Å²) in [6, 6.07) is 6.31. The molecule has 0 aliphatic rings. The Balaban J connectivity index is 2.64. The van der Waals surface area contributed by atoms with E-state index >= 15 is 0 Å². The van der Waals surface area contributed by atoms with E-state index in [-0.39, 0.29) is 17.3 Å².